The highest BCUT2D eigenvalue weighted by atomic mass is 35.5. The highest BCUT2D eigenvalue weighted by Crippen LogP contribution is 2.11. The Morgan fingerprint density at radius 1 is 1.36 bits per heavy atom. The third-order valence-corrected chi connectivity index (χ3v) is 2.06. The third-order valence-electron chi connectivity index (χ3n) is 1.82. The number of hydrogen-bond donors (Lipinski definition) is 1. The van der Waals surface area contributed by atoms with Gasteiger partial charge >= 0.3 is 0 Å². The van der Waals surface area contributed by atoms with E-state index in [1.807, 2.05) is 26.0 Å². The fourth-order valence-electron chi connectivity index (χ4n) is 1.14. The van der Waals surface area contributed by atoms with Crippen molar-refractivity contribution < 1.29 is 0 Å². The van der Waals surface area contributed by atoms with Gasteiger partial charge in [-0.25, -0.2) is 0 Å². The van der Waals surface area contributed by atoms with Crippen molar-refractivity contribution in [1.82, 2.24) is 0 Å². The second-order valence-corrected chi connectivity index (χ2v) is 3.44. The summed E-state index contributed by atoms with van der Waals surface area (Å²) in [4.78, 5) is 0. The van der Waals surface area contributed by atoms with Gasteiger partial charge in [0.15, 0.2) is 0 Å². The molecule has 0 radical (unpaired) electrons. The first-order valence-corrected chi connectivity index (χ1v) is 5.27. The lowest BCUT2D eigenvalue weighted by Crippen LogP contribution is -1.97. The van der Waals surface area contributed by atoms with Crippen LogP contribution in [0, 0.1) is 5.41 Å². The molecule has 0 saturated heterocycles. The molecule has 0 fully saturated rings. The number of rotatable bonds is 5. The lowest BCUT2D eigenvalue weighted by Gasteiger charge is -2.03. The molecule has 0 atom stereocenters. The Bertz CT molecular complexity index is 272. The van der Waals surface area contributed by atoms with E-state index in [1.54, 1.807) is 12.2 Å². The van der Waals surface area contributed by atoms with Crippen molar-refractivity contribution in [2.45, 2.75) is 33.6 Å². The van der Waals surface area contributed by atoms with Crippen LogP contribution in [-0.2, 0) is 0 Å². The Hall–Kier alpha value is -0.820. The Kier molecular flexibility index (Phi) is 7.13. The Morgan fingerprint density at radius 3 is 2.43 bits per heavy atom. The maximum Gasteiger partial charge on any atom is 0.0583 e. The third kappa shape index (κ3) is 5.03. The van der Waals surface area contributed by atoms with Gasteiger partial charge in [-0.3, -0.25) is 0 Å². The van der Waals surface area contributed by atoms with E-state index >= 15 is 0 Å². The topological polar surface area (TPSA) is 23.9 Å². The summed E-state index contributed by atoms with van der Waals surface area (Å²) in [7, 11) is 0. The molecule has 0 spiro atoms. The average molecular weight is 212 g/mol. The second kappa shape index (κ2) is 7.57. The van der Waals surface area contributed by atoms with Gasteiger partial charge in [0.1, 0.15) is 0 Å². The summed E-state index contributed by atoms with van der Waals surface area (Å²) < 4.78 is 0. The summed E-state index contributed by atoms with van der Waals surface area (Å²) in [5, 5.41) is 8.40. The summed E-state index contributed by atoms with van der Waals surface area (Å²) >= 11 is 5.88. The standard InChI is InChI=1S/C12H18ClN/c1-4-7-10(6-3)12(14)9-11(13)8-5-2/h5-6,8-9,14H,4,7H2,1-3H3/b8-5-,10-6+,11-9+,14-12?. The molecule has 0 rings (SSSR count). The summed E-state index contributed by atoms with van der Waals surface area (Å²) in [5.41, 5.74) is 1.56. The molecule has 0 unspecified atom stereocenters. The van der Waals surface area contributed by atoms with Crippen molar-refractivity contribution in [3.63, 3.8) is 0 Å². The molecule has 1 N–H and O–H groups in total. The SMILES string of the molecule is C/C=C\C(Cl)=C/C(=N)/C(=C/C)CCC. The number of hydrogen-bond acceptors (Lipinski definition) is 1. The van der Waals surface area contributed by atoms with Crippen LogP contribution in [0.3, 0.4) is 0 Å². The molecular weight excluding hydrogens is 194 g/mol. The fraction of sp³-hybridized carbons (Fsp3) is 0.417. The minimum Gasteiger partial charge on any atom is -0.301 e. The quantitative estimate of drug-likeness (QED) is 0.513. The highest BCUT2D eigenvalue weighted by molar-refractivity contribution is 6.33. The summed E-state index contributed by atoms with van der Waals surface area (Å²) in [5.74, 6) is 0. The Morgan fingerprint density at radius 2 is 2.00 bits per heavy atom. The lowest BCUT2D eigenvalue weighted by atomic mass is 10.1. The number of halogens is 1. The molecule has 0 aromatic heterocycles. The summed E-state index contributed by atoms with van der Waals surface area (Å²) in [6, 6.07) is 0. The van der Waals surface area contributed by atoms with Crippen LogP contribution in [0.15, 0.2) is 34.9 Å². The van der Waals surface area contributed by atoms with Crippen LogP contribution in [0.1, 0.15) is 33.6 Å². The van der Waals surface area contributed by atoms with Crippen molar-refractivity contribution >= 4 is 17.3 Å². The zero-order valence-electron chi connectivity index (χ0n) is 9.10. The molecule has 2 heteroatoms. The van der Waals surface area contributed by atoms with E-state index in [2.05, 4.69) is 6.92 Å². The van der Waals surface area contributed by atoms with Crippen LogP contribution in [0.5, 0.6) is 0 Å². The zero-order chi connectivity index (χ0) is 11.0. The lowest BCUT2D eigenvalue weighted by molar-refractivity contribution is 0.933. The fourth-order valence-corrected chi connectivity index (χ4v) is 1.38. The van der Waals surface area contributed by atoms with Crippen molar-refractivity contribution in [3.8, 4) is 0 Å². The molecule has 1 nitrogen and oxygen atoms in total. The van der Waals surface area contributed by atoms with Crippen molar-refractivity contribution in [2.24, 2.45) is 0 Å². The van der Waals surface area contributed by atoms with Gasteiger partial charge in [0.05, 0.1) is 5.71 Å². The van der Waals surface area contributed by atoms with E-state index in [9.17, 15) is 0 Å². The number of allylic oxidation sites excluding steroid dienone is 6. The molecule has 0 saturated carbocycles. The average Bonchev–Trinajstić information content (AvgIpc) is 2.14. The van der Waals surface area contributed by atoms with E-state index in [0.29, 0.717) is 10.7 Å². The van der Waals surface area contributed by atoms with Crippen LogP contribution in [0.2, 0.25) is 0 Å². The van der Waals surface area contributed by atoms with Crippen LogP contribution < -0.4 is 0 Å². The maximum absolute atomic E-state index is 7.80. The van der Waals surface area contributed by atoms with Crippen LogP contribution in [0.25, 0.3) is 0 Å². The van der Waals surface area contributed by atoms with E-state index in [0.717, 1.165) is 18.4 Å². The largest absolute Gasteiger partial charge is 0.301 e. The molecule has 0 aromatic rings. The first-order valence-electron chi connectivity index (χ1n) is 4.89. The van der Waals surface area contributed by atoms with Crippen LogP contribution in [0.4, 0.5) is 0 Å². The highest BCUT2D eigenvalue weighted by Gasteiger charge is 2.00. The normalized spacial score (nSPS) is 13.7. The molecule has 0 amide bonds. The van der Waals surface area contributed by atoms with E-state index < -0.39 is 0 Å². The molecule has 78 valence electrons. The van der Waals surface area contributed by atoms with Gasteiger partial charge in [-0.1, -0.05) is 37.1 Å². The predicted octanol–water partition coefficient (Wildman–Crippen LogP) is 4.45. The smallest absolute Gasteiger partial charge is 0.0583 e. The number of nitrogens with one attached hydrogen (secondary N) is 1. The van der Waals surface area contributed by atoms with Gasteiger partial charge in [0.25, 0.3) is 0 Å². The van der Waals surface area contributed by atoms with Crippen LogP contribution >= 0.6 is 11.6 Å². The summed E-state index contributed by atoms with van der Waals surface area (Å²) in [6.07, 6.45) is 9.30. The molecular formula is C12H18ClN. The zero-order valence-corrected chi connectivity index (χ0v) is 9.86. The van der Waals surface area contributed by atoms with Crippen molar-refractivity contribution in [3.05, 3.63) is 34.9 Å². The monoisotopic (exact) mass is 211 g/mol. The Balaban J connectivity index is 4.53. The van der Waals surface area contributed by atoms with Gasteiger partial charge in [0, 0.05) is 5.03 Å². The molecule has 0 aliphatic carbocycles. The first kappa shape index (κ1) is 13.2. The van der Waals surface area contributed by atoms with Crippen LogP contribution in [-0.4, -0.2) is 5.71 Å². The Labute approximate surface area is 91.7 Å². The second-order valence-electron chi connectivity index (χ2n) is 3.01. The minimum absolute atomic E-state index is 0.512. The predicted molar refractivity (Wildman–Crippen MR) is 65.1 cm³/mol. The molecule has 0 aromatic carbocycles. The van der Waals surface area contributed by atoms with E-state index in [4.69, 9.17) is 17.0 Å². The molecule has 0 aliphatic rings. The molecule has 14 heavy (non-hydrogen) atoms. The molecule has 0 bridgehead atoms. The van der Waals surface area contributed by atoms with Gasteiger partial charge < -0.3 is 5.41 Å². The van der Waals surface area contributed by atoms with Crippen molar-refractivity contribution in [2.75, 3.05) is 0 Å². The minimum atomic E-state index is 0.512. The first-order chi connectivity index (χ1) is 6.65. The molecule has 0 heterocycles. The van der Waals surface area contributed by atoms with Crippen molar-refractivity contribution in [1.29, 1.82) is 5.41 Å². The summed E-state index contributed by atoms with van der Waals surface area (Å²) in [6.45, 7) is 5.97. The molecule has 0 aliphatic heterocycles. The van der Waals surface area contributed by atoms with Gasteiger partial charge in [-0.15, -0.1) is 0 Å². The van der Waals surface area contributed by atoms with Gasteiger partial charge in [-0.2, -0.15) is 0 Å². The van der Waals surface area contributed by atoms with E-state index in [1.165, 1.54) is 0 Å². The van der Waals surface area contributed by atoms with Gasteiger partial charge in [0.2, 0.25) is 0 Å². The van der Waals surface area contributed by atoms with E-state index in [-0.39, 0.29) is 0 Å². The van der Waals surface area contributed by atoms with Gasteiger partial charge in [-0.05, 0) is 38.0 Å². The maximum atomic E-state index is 7.80.